The lowest BCUT2D eigenvalue weighted by Gasteiger charge is -2.44. The van der Waals surface area contributed by atoms with E-state index >= 15 is 0 Å². The molecule has 8 nitrogen and oxygen atoms in total. The van der Waals surface area contributed by atoms with Gasteiger partial charge < -0.3 is 9.84 Å². The molecule has 10 heteroatoms. The number of rotatable bonds is 6. The number of amides is 4. The van der Waals surface area contributed by atoms with E-state index in [2.05, 4.69) is 31.9 Å². The first kappa shape index (κ1) is 31.8. The van der Waals surface area contributed by atoms with Crippen LogP contribution in [0.2, 0.25) is 0 Å². The van der Waals surface area contributed by atoms with Gasteiger partial charge in [-0.1, -0.05) is 49.8 Å². The number of carbonyl (C=O) groups is 4. The van der Waals surface area contributed by atoms with Crippen LogP contribution in [-0.4, -0.2) is 35.8 Å². The Morgan fingerprint density at radius 3 is 1.81 bits per heavy atom. The number of carbonyl (C=O) groups excluding carboxylic acids is 4. The molecule has 4 amide bonds. The molecule has 0 bridgehead atoms. The molecule has 3 fully saturated rings. The smallest absolute Gasteiger partial charge is 0.238 e. The van der Waals surface area contributed by atoms with Gasteiger partial charge in [-0.3, -0.25) is 29.0 Å². The van der Waals surface area contributed by atoms with Crippen molar-refractivity contribution in [2.45, 2.75) is 45.4 Å². The van der Waals surface area contributed by atoms with Crippen LogP contribution >= 0.6 is 31.9 Å². The number of hydrogen-bond acceptors (Lipinski definition) is 6. The second kappa shape index (κ2) is 12.0. The highest BCUT2D eigenvalue weighted by Crippen LogP contribution is 2.60. The Hall–Kier alpha value is -3.76. The number of aryl methyl sites for hydroxylation is 2. The van der Waals surface area contributed by atoms with E-state index in [9.17, 15) is 24.3 Å². The average molecular weight is 762 g/mol. The first-order valence-corrected chi connectivity index (χ1v) is 17.6. The number of phenols is 1. The zero-order chi connectivity index (χ0) is 33.3. The fourth-order valence-corrected chi connectivity index (χ4v) is 9.17. The fourth-order valence-electron chi connectivity index (χ4n) is 8.20. The van der Waals surface area contributed by atoms with Gasteiger partial charge in [0, 0.05) is 10.4 Å². The molecule has 1 saturated carbocycles. The van der Waals surface area contributed by atoms with Crippen molar-refractivity contribution in [3.05, 3.63) is 91.9 Å². The Morgan fingerprint density at radius 2 is 1.28 bits per heavy atom. The molecule has 242 valence electrons. The second-order valence-electron chi connectivity index (χ2n) is 12.7. The first-order chi connectivity index (χ1) is 22.6. The first-order valence-electron chi connectivity index (χ1n) is 16.0. The molecule has 0 unspecified atom stereocenters. The van der Waals surface area contributed by atoms with Crippen molar-refractivity contribution in [2.75, 3.05) is 16.9 Å². The fraction of sp³-hybridized carbons (Fsp3) is 0.351. The van der Waals surface area contributed by atoms with Crippen molar-refractivity contribution in [1.82, 2.24) is 0 Å². The quantitative estimate of drug-likeness (QED) is 0.213. The van der Waals surface area contributed by atoms with Gasteiger partial charge in [0.1, 0.15) is 0 Å². The summed E-state index contributed by atoms with van der Waals surface area (Å²) in [5.41, 5.74) is 4.77. The number of methoxy groups -OCH3 is 1. The van der Waals surface area contributed by atoms with Crippen LogP contribution in [0.5, 0.6) is 11.5 Å². The zero-order valence-electron chi connectivity index (χ0n) is 26.2. The van der Waals surface area contributed by atoms with E-state index in [0.717, 1.165) is 29.5 Å². The van der Waals surface area contributed by atoms with Crippen molar-refractivity contribution < 1.29 is 29.0 Å². The average Bonchev–Trinajstić information content (AvgIpc) is 3.50. The van der Waals surface area contributed by atoms with Gasteiger partial charge in [-0.15, -0.1) is 0 Å². The maximum Gasteiger partial charge on any atom is 0.238 e. The molecule has 2 saturated heterocycles. The van der Waals surface area contributed by atoms with Crippen LogP contribution in [0.4, 0.5) is 11.4 Å². The summed E-state index contributed by atoms with van der Waals surface area (Å²) in [6, 6.07) is 16.6. The summed E-state index contributed by atoms with van der Waals surface area (Å²) in [4.78, 5) is 59.5. The van der Waals surface area contributed by atoms with Gasteiger partial charge in [-0.25, -0.2) is 0 Å². The number of allylic oxidation sites excluding steroid dienone is 2. The summed E-state index contributed by atoms with van der Waals surface area (Å²) in [5, 5.41) is 10.8. The van der Waals surface area contributed by atoms with E-state index < -0.39 is 35.5 Å². The van der Waals surface area contributed by atoms with Gasteiger partial charge in [0.25, 0.3) is 0 Å². The van der Waals surface area contributed by atoms with E-state index in [1.54, 1.807) is 18.2 Å². The predicted octanol–water partition coefficient (Wildman–Crippen LogP) is 7.10. The third kappa shape index (κ3) is 4.81. The number of aromatic hydroxyl groups is 1. The van der Waals surface area contributed by atoms with Crippen LogP contribution < -0.4 is 14.5 Å². The second-order valence-corrected chi connectivity index (χ2v) is 14.3. The topological polar surface area (TPSA) is 104 Å². The minimum Gasteiger partial charge on any atom is -0.503 e. The molecule has 47 heavy (non-hydrogen) atoms. The Kier molecular flexibility index (Phi) is 8.15. The van der Waals surface area contributed by atoms with Crippen LogP contribution in [0.1, 0.15) is 49.3 Å². The number of benzene rings is 3. The molecule has 2 heterocycles. The van der Waals surface area contributed by atoms with Crippen molar-refractivity contribution in [3.8, 4) is 11.5 Å². The molecule has 0 radical (unpaired) electrons. The highest BCUT2D eigenvalue weighted by molar-refractivity contribution is 9.13. The Bertz CT molecular complexity index is 1850. The van der Waals surface area contributed by atoms with Crippen molar-refractivity contribution in [3.63, 3.8) is 0 Å². The van der Waals surface area contributed by atoms with E-state index in [1.165, 1.54) is 16.9 Å². The number of nitrogens with zero attached hydrogens (tertiary/aromatic N) is 2. The molecule has 2 aliphatic carbocycles. The number of hydrogen-bond donors (Lipinski definition) is 1. The van der Waals surface area contributed by atoms with Crippen molar-refractivity contribution in [2.24, 2.45) is 29.6 Å². The molecule has 3 aromatic rings. The van der Waals surface area contributed by atoms with Crippen LogP contribution in [0, 0.1) is 29.6 Å². The molecular formula is C37H34Br2N2O6. The van der Waals surface area contributed by atoms with Crippen LogP contribution in [0.25, 0.3) is 0 Å². The molecule has 4 aliphatic rings. The van der Waals surface area contributed by atoms with Crippen LogP contribution in [0.15, 0.2) is 75.2 Å². The van der Waals surface area contributed by atoms with E-state index in [0.29, 0.717) is 32.3 Å². The molecule has 2 aliphatic heterocycles. The maximum absolute atomic E-state index is 14.5. The monoisotopic (exact) mass is 760 g/mol. The Balaban J connectivity index is 1.36. The summed E-state index contributed by atoms with van der Waals surface area (Å²) in [7, 11) is 1.45. The minimum atomic E-state index is -0.755. The van der Waals surface area contributed by atoms with E-state index in [-0.39, 0.29) is 41.5 Å². The lowest BCUT2D eigenvalue weighted by atomic mass is 9.57. The number of halogens is 2. The molecule has 1 N–H and O–H groups in total. The van der Waals surface area contributed by atoms with Gasteiger partial charge in [0.2, 0.25) is 23.6 Å². The molecular weight excluding hydrogens is 728 g/mol. The summed E-state index contributed by atoms with van der Waals surface area (Å²) in [6.45, 7) is 4.09. The van der Waals surface area contributed by atoms with Crippen molar-refractivity contribution in [1.29, 1.82) is 0 Å². The summed E-state index contributed by atoms with van der Waals surface area (Å²) >= 11 is 7.14. The van der Waals surface area contributed by atoms with Gasteiger partial charge >= 0.3 is 0 Å². The molecule has 7 rings (SSSR count). The van der Waals surface area contributed by atoms with Gasteiger partial charge in [0.05, 0.1) is 46.6 Å². The molecule has 3 aromatic carbocycles. The SMILES string of the molecule is CCc1ccc(N2C(=O)[C@H]3[C@H](CC=C4[C@H]3C[C@H]3C(=O)N(c5ccc(CC)cc5)C(=O)[C@H]3[C@H]4c3cc(OC)c(O)c(Br)c3Br)C2=O)cc1. The lowest BCUT2D eigenvalue weighted by Crippen LogP contribution is -2.43. The van der Waals surface area contributed by atoms with Crippen LogP contribution in [0.3, 0.4) is 0 Å². The molecule has 0 spiro atoms. The number of anilines is 2. The number of imide groups is 2. The van der Waals surface area contributed by atoms with Gasteiger partial charge in [-0.05, 0) is 110 Å². The highest BCUT2D eigenvalue weighted by atomic mass is 79.9. The Morgan fingerprint density at radius 1 is 0.745 bits per heavy atom. The highest BCUT2D eigenvalue weighted by Gasteiger charge is 2.62. The zero-order valence-corrected chi connectivity index (χ0v) is 29.4. The molecule has 0 aromatic heterocycles. The van der Waals surface area contributed by atoms with Crippen LogP contribution in [-0.2, 0) is 32.0 Å². The third-order valence-electron chi connectivity index (χ3n) is 10.6. The third-order valence-corrected chi connectivity index (χ3v) is 12.7. The van der Waals surface area contributed by atoms with Crippen molar-refractivity contribution >= 4 is 66.9 Å². The van der Waals surface area contributed by atoms with E-state index in [4.69, 9.17) is 4.74 Å². The minimum absolute atomic E-state index is 0.0995. The predicted molar refractivity (Wildman–Crippen MR) is 184 cm³/mol. The Labute approximate surface area is 290 Å². The summed E-state index contributed by atoms with van der Waals surface area (Å²) in [5.74, 6) is -4.77. The summed E-state index contributed by atoms with van der Waals surface area (Å²) < 4.78 is 6.40. The van der Waals surface area contributed by atoms with Gasteiger partial charge in [-0.2, -0.15) is 0 Å². The van der Waals surface area contributed by atoms with E-state index in [1.807, 2.05) is 56.3 Å². The molecule has 6 atom stereocenters. The lowest BCUT2D eigenvalue weighted by molar-refractivity contribution is -0.126. The summed E-state index contributed by atoms with van der Waals surface area (Å²) in [6.07, 6.45) is 4.30. The number of ether oxygens (including phenoxy) is 1. The largest absolute Gasteiger partial charge is 0.503 e. The van der Waals surface area contributed by atoms with Gasteiger partial charge in [0.15, 0.2) is 11.5 Å². The number of fused-ring (bicyclic) bond motifs is 4. The number of phenolic OH excluding ortho intramolecular Hbond substituents is 1. The maximum atomic E-state index is 14.5. The normalized spacial score (nSPS) is 26.7. The standard InChI is InChI=1S/C37H34Br2N2O6/c1-4-18-6-10-20(11-7-18)40-34(43)23-15-14-22-24(29(23)36(40)45)16-26-30(28(22)25-17-27(47-3)33(42)32(39)31(25)38)37(46)41(35(26)44)21-12-8-19(5-2)9-13-21/h6-14,17,23-24,26,28-30,42H,4-5,15-16H2,1-3H3/t23-,24+,26+,28+,29-,30+/m0/s1.